The molecule has 0 aliphatic heterocycles. The Morgan fingerprint density at radius 2 is 2.24 bits per heavy atom. The van der Waals surface area contributed by atoms with E-state index in [1.165, 1.54) is 12.8 Å². The Labute approximate surface area is 110 Å². The van der Waals surface area contributed by atoms with E-state index < -0.39 is 0 Å². The van der Waals surface area contributed by atoms with Crippen LogP contribution in [0.4, 0.5) is 0 Å². The second kappa shape index (κ2) is 5.52. The van der Waals surface area contributed by atoms with Gasteiger partial charge in [-0.1, -0.05) is 15.9 Å². The molecule has 0 saturated heterocycles. The number of halogens is 1. The van der Waals surface area contributed by atoms with Crippen LogP contribution in [0.25, 0.3) is 0 Å². The Balaban J connectivity index is 1.85. The van der Waals surface area contributed by atoms with Gasteiger partial charge >= 0.3 is 0 Å². The molecule has 0 atom stereocenters. The summed E-state index contributed by atoms with van der Waals surface area (Å²) in [4.78, 5) is 2.32. The summed E-state index contributed by atoms with van der Waals surface area (Å²) in [5, 5.41) is 8.85. The van der Waals surface area contributed by atoms with Crippen molar-refractivity contribution in [1.29, 1.82) is 5.26 Å². The smallest absolute Gasteiger partial charge is 0.121 e. The highest BCUT2D eigenvalue weighted by molar-refractivity contribution is 9.10. The van der Waals surface area contributed by atoms with Crippen molar-refractivity contribution in [3.05, 3.63) is 28.2 Å². The number of rotatable bonds is 5. The van der Waals surface area contributed by atoms with Gasteiger partial charge < -0.3 is 9.64 Å². The number of nitrogens with zero attached hydrogens (tertiary/aromatic N) is 2. The highest BCUT2D eigenvalue weighted by Crippen LogP contribution is 2.25. The van der Waals surface area contributed by atoms with Crippen molar-refractivity contribution in [2.75, 3.05) is 20.2 Å². The molecule has 0 amide bonds. The summed E-state index contributed by atoms with van der Waals surface area (Å²) in [7, 11) is 2.13. The topological polar surface area (TPSA) is 36.3 Å². The number of likely N-dealkylation sites (N-methyl/N-ethyl adjacent to an activating group) is 1. The summed E-state index contributed by atoms with van der Waals surface area (Å²) in [6.07, 6.45) is 2.62. The van der Waals surface area contributed by atoms with E-state index in [4.69, 9.17) is 10.00 Å². The lowest BCUT2D eigenvalue weighted by Crippen LogP contribution is -2.26. The third-order valence-electron chi connectivity index (χ3n) is 2.88. The largest absolute Gasteiger partial charge is 0.492 e. The fourth-order valence-electron chi connectivity index (χ4n) is 1.72. The summed E-state index contributed by atoms with van der Waals surface area (Å²) >= 11 is 3.37. The van der Waals surface area contributed by atoms with Crippen LogP contribution >= 0.6 is 15.9 Å². The quantitative estimate of drug-likeness (QED) is 0.838. The second-order valence-electron chi connectivity index (χ2n) is 4.35. The first-order chi connectivity index (χ1) is 8.19. The van der Waals surface area contributed by atoms with Crippen LogP contribution in [0.15, 0.2) is 22.7 Å². The summed E-state index contributed by atoms with van der Waals surface area (Å²) in [5.74, 6) is 0.750. The highest BCUT2D eigenvalue weighted by atomic mass is 79.9. The Hall–Kier alpha value is -1.05. The van der Waals surface area contributed by atoms with Gasteiger partial charge in [-0.2, -0.15) is 5.26 Å². The molecule has 0 spiro atoms. The molecule has 4 heteroatoms. The van der Waals surface area contributed by atoms with Gasteiger partial charge in [0.1, 0.15) is 12.4 Å². The van der Waals surface area contributed by atoms with E-state index in [-0.39, 0.29) is 0 Å². The van der Waals surface area contributed by atoms with Crippen molar-refractivity contribution in [1.82, 2.24) is 4.90 Å². The molecule has 3 nitrogen and oxygen atoms in total. The fourth-order valence-corrected chi connectivity index (χ4v) is 2.19. The summed E-state index contributed by atoms with van der Waals surface area (Å²) in [5.41, 5.74) is 0.616. The van der Waals surface area contributed by atoms with Gasteiger partial charge in [0.05, 0.1) is 11.6 Å². The maximum Gasteiger partial charge on any atom is 0.121 e. The molecule has 1 aliphatic rings. The van der Waals surface area contributed by atoms with E-state index in [9.17, 15) is 0 Å². The van der Waals surface area contributed by atoms with Crippen LogP contribution in [0.3, 0.4) is 0 Å². The molecule has 17 heavy (non-hydrogen) atoms. The van der Waals surface area contributed by atoms with Crippen molar-refractivity contribution in [2.24, 2.45) is 0 Å². The average Bonchev–Trinajstić information content (AvgIpc) is 3.12. The second-order valence-corrected chi connectivity index (χ2v) is 5.26. The molecule has 0 N–H and O–H groups in total. The normalized spacial score (nSPS) is 14.7. The number of hydrogen-bond donors (Lipinski definition) is 0. The monoisotopic (exact) mass is 294 g/mol. The van der Waals surface area contributed by atoms with Crippen LogP contribution in [-0.2, 0) is 0 Å². The van der Waals surface area contributed by atoms with Gasteiger partial charge in [0.15, 0.2) is 0 Å². The Kier molecular flexibility index (Phi) is 4.03. The lowest BCUT2D eigenvalue weighted by atomic mass is 10.2. The van der Waals surface area contributed by atoms with Crippen molar-refractivity contribution < 1.29 is 4.74 Å². The molecule has 2 rings (SSSR count). The van der Waals surface area contributed by atoms with E-state index in [0.29, 0.717) is 12.2 Å². The van der Waals surface area contributed by atoms with Crippen molar-refractivity contribution in [3.63, 3.8) is 0 Å². The van der Waals surface area contributed by atoms with Gasteiger partial charge in [-0.25, -0.2) is 0 Å². The molecule has 1 saturated carbocycles. The molecule has 0 radical (unpaired) electrons. The Bertz CT molecular complexity index is 438. The Morgan fingerprint density at radius 3 is 2.88 bits per heavy atom. The minimum absolute atomic E-state index is 0.616. The van der Waals surface area contributed by atoms with Crippen LogP contribution < -0.4 is 4.74 Å². The van der Waals surface area contributed by atoms with E-state index >= 15 is 0 Å². The third-order valence-corrected chi connectivity index (χ3v) is 3.34. The molecule has 1 aliphatic carbocycles. The predicted octanol–water partition coefficient (Wildman–Crippen LogP) is 2.79. The lowest BCUT2D eigenvalue weighted by Gasteiger charge is -2.16. The zero-order valence-corrected chi connectivity index (χ0v) is 11.4. The fraction of sp³-hybridized carbons (Fsp3) is 0.462. The minimum atomic E-state index is 0.616. The predicted molar refractivity (Wildman–Crippen MR) is 70.0 cm³/mol. The maximum absolute atomic E-state index is 8.85. The molecule has 90 valence electrons. The Morgan fingerprint density at radius 1 is 1.47 bits per heavy atom. The first-order valence-corrected chi connectivity index (χ1v) is 6.52. The number of nitriles is 1. The first kappa shape index (κ1) is 12.4. The van der Waals surface area contributed by atoms with Crippen LogP contribution in [0.1, 0.15) is 18.4 Å². The number of ether oxygens (including phenoxy) is 1. The molecule has 1 aromatic rings. The summed E-state index contributed by atoms with van der Waals surface area (Å²) < 4.78 is 6.53. The summed E-state index contributed by atoms with van der Waals surface area (Å²) in [6.45, 7) is 1.59. The van der Waals surface area contributed by atoms with E-state index in [2.05, 4.69) is 33.9 Å². The maximum atomic E-state index is 8.85. The zero-order valence-electron chi connectivity index (χ0n) is 9.82. The highest BCUT2D eigenvalue weighted by Gasteiger charge is 2.25. The van der Waals surface area contributed by atoms with Crippen LogP contribution in [0, 0.1) is 11.3 Å². The first-order valence-electron chi connectivity index (χ1n) is 5.73. The van der Waals surface area contributed by atoms with Gasteiger partial charge in [0, 0.05) is 17.1 Å². The van der Waals surface area contributed by atoms with Gasteiger partial charge in [-0.05, 0) is 38.1 Å². The van der Waals surface area contributed by atoms with Crippen LogP contribution in [0.2, 0.25) is 0 Å². The van der Waals surface area contributed by atoms with Gasteiger partial charge in [-0.15, -0.1) is 0 Å². The SMILES string of the molecule is CN(CCOc1cc(Br)cc(C#N)c1)C1CC1. The van der Waals surface area contributed by atoms with Crippen molar-refractivity contribution >= 4 is 15.9 Å². The molecule has 0 aromatic heterocycles. The summed E-state index contributed by atoms with van der Waals surface area (Å²) in [6, 6.07) is 8.31. The van der Waals surface area contributed by atoms with Gasteiger partial charge in [-0.3, -0.25) is 0 Å². The standard InChI is InChI=1S/C13H15BrN2O/c1-16(12-2-3-12)4-5-17-13-7-10(9-15)6-11(14)8-13/h6-8,12H,2-5H2,1H3. The molecular formula is C13H15BrN2O. The molecule has 0 heterocycles. The van der Waals surface area contributed by atoms with Gasteiger partial charge in [0.25, 0.3) is 0 Å². The van der Waals surface area contributed by atoms with Crippen LogP contribution in [0.5, 0.6) is 5.75 Å². The molecule has 1 aromatic carbocycles. The number of benzene rings is 1. The molecular weight excluding hydrogens is 280 g/mol. The van der Waals surface area contributed by atoms with E-state index in [0.717, 1.165) is 22.8 Å². The minimum Gasteiger partial charge on any atom is -0.492 e. The third kappa shape index (κ3) is 3.72. The van der Waals surface area contributed by atoms with E-state index in [1.807, 2.05) is 6.07 Å². The average molecular weight is 295 g/mol. The van der Waals surface area contributed by atoms with Gasteiger partial charge in [0.2, 0.25) is 0 Å². The molecule has 0 unspecified atom stereocenters. The van der Waals surface area contributed by atoms with Crippen LogP contribution in [-0.4, -0.2) is 31.1 Å². The van der Waals surface area contributed by atoms with E-state index in [1.54, 1.807) is 12.1 Å². The number of hydrogen-bond acceptors (Lipinski definition) is 3. The zero-order chi connectivity index (χ0) is 12.3. The molecule has 1 fully saturated rings. The lowest BCUT2D eigenvalue weighted by molar-refractivity contribution is 0.232. The van der Waals surface area contributed by atoms with Crippen molar-refractivity contribution in [3.8, 4) is 11.8 Å². The molecule has 0 bridgehead atoms. The van der Waals surface area contributed by atoms with Crippen molar-refractivity contribution in [2.45, 2.75) is 18.9 Å².